The van der Waals surface area contributed by atoms with Gasteiger partial charge in [0.2, 0.25) is 0 Å². The molecule has 0 unspecified atom stereocenters. The van der Waals surface area contributed by atoms with Crippen molar-refractivity contribution >= 4 is 6.21 Å². The highest BCUT2D eigenvalue weighted by Gasteiger charge is 2.16. The van der Waals surface area contributed by atoms with E-state index in [2.05, 4.69) is 26.1 Å². The van der Waals surface area contributed by atoms with E-state index in [1.807, 2.05) is 14.0 Å². The van der Waals surface area contributed by atoms with Gasteiger partial charge in [-0.3, -0.25) is 0 Å². The lowest BCUT2D eigenvalue weighted by atomic mass is 9.89. The van der Waals surface area contributed by atoms with Crippen LogP contribution in [-0.4, -0.2) is 13.3 Å². The minimum Gasteiger partial charge on any atom is -0.391 e. The number of rotatable bonds is 2. The Bertz CT molecular complexity index is 172. The van der Waals surface area contributed by atoms with Crippen molar-refractivity contribution in [1.29, 1.82) is 5.41 Å². The molecule has 2 nitrogen and oxygen atoms in total. The highest BCUT2D eigenvalue weighted by Crippen LogP contribution is 2.24. The first-order chi connectivity index (χ1) is 4.93. The molecule has 0 aliphatic carbocycles. The fraction of sp³-hybridized carbons (Fsp3) is 0.667. The van der Waals surface area contributed by atoms with Gasteiger partial charge in [-0.25, -0.2) is 0 Å². The van der Waals surface area contributed by atoms with E-state index >= 15 is 0 Å². The molecule has 2 heteroatoms. The minimum absolute atomic E-state index is 0.108. The second-order valence-electron chi connectivity index (χ2n) is 3.70. The molecule has 0 heterocycles. The largest absolute Gasteiger partial charge is 0.391 e. The summed E-state index contributed by atoms with van der Waals surface area (Å²) in [6.45, 7) is 8.34. The fourth-order valence-corrected chi connectivity index (χ4v) is 1.24. The van der Waals surface area contributed by atoms with Crippen molar-refractivity contribution in [3.05, 3.63) is 11.3 Å². The molecule has 2 N–H and O–H groups in total. The Hall–Kier alpha value is -0.790. The van der Waals surface area contributed by atoms with Gasteiger partial charge >= 0.3 is 0 Å². The molecule has 0 aromatic carbocycles. The second-order valence-corrected chi connectivity index (χ2v) is 3.70. The van der Waals surface area contributed by atoms with Crippen LogP contribution in [-0.2, 0) is 0 Å². The van der Waals surface area contributed by atoms with Crippen LogP contribution in [0, 0.1) is 10.8 Å². The molecule has 0 rings (SSSR count). The summed E-state index contributed by atoms with van der Waals surface area (Å²) >= 11 is 0. The normalized spacial score (nSPS) is 13.9. The summed E-state index contributed by atoms with van der Waals surface area (Å²) in [4.78, 5) is 0. The molecule has 0 aromatic heterocycles. The Morgan fingerprint density at radius 1 is 1.36 bits per heavy atom. The molecule has 0 atom stereocenters. The van der Waals surface area contributed by atoms with Gasteiger partial charge in [0.25, 0.3) is 0 Å². The van der Waals surface area contributed by atoms with Crippen LogP contribution in [0.4, 0.5) is 0 Å². The maximum Gasteiger partial charge on any atom is 0.0224 e. The van der Waals surface area contributed by atoms with Gasteiger partial charge < -0.3 is 10.7 Å². The summed E-state index contributed by atoms with van der Waals surface area (Å²) in [7, 11) is 1.90. The number of nitrogens with one attached hydrogen (secondary N) is 2. The Morgan fingerprint density at radius 3 is 1.91 bits per heavy atom. The molecule has 0 amide bonds. The summed E-state index contributed by atoms with van der Waals surface area (Å²) in [5.74, 6) is 0. The van der Waals surface area contributed by atoms with Gasteiger partial charge in [-0.05, 0) is 12.5 Å². The first kappa shape index (κ1) is 10.2. The third-order valence-corrected chi connectivity index (χ3v) is 1.61. The maximum atomic E-state index is 7.10. The Labute approximate surface area is 69.2 Å². The number of allylic oxidation sites excluding steroid dienone is 2. The van der Waals surface area contributed by atoms with Crippen LogP contribution >= 0.6 is 0 Å². The summed E-state index contributed by atoms with van der Waals surface area (Å²) < 4.78 is 0. The predicted octanol–water partition coefficient (Wildman–Crippen LogP) is 2.18. The summed E-state index contributed by atoms with van der Waals surface area (Å²) in [5.41, 5.74) is 2.24. The topological polar surface area (TPSA) is 35.9 Å². The molecular formula is C9H18N2. The Balaban J connectivity index is 4.80. The standard InChI is InChI=1S/C9H18N2/c1-7(6-10)8(11-5)9(2,3)4/h6,10-11H,1-5H3/b8-7-,10-6?. The van der Waals surface area contributed by atoms with Crippen LogP contribution < -0.4 is 5.32 Å². The van der Waals surface area contributed by atoms with E-state index in [0.717, 1.165) is 11.3 Å². The van der Waals surface area contributed by atoms with Crippen molar-refractivity contribution in [1.82, 2.24) is 5.32 Å². The van der Waals surface area contributed by atoms with Crippen molar-refractivity contribution in [3.63, 3.8) is 0 Å². The molecule has 64 valence electrons. The molecule has 0 saturated carbocycles. The van der Waals surface area contributed by atoms with Crippen LogP contribution in [0.5, 0.6) is 0 Å². The van der Waals surface area contributed by atoms with E-state index in [1.165, 1.54) is 6.21 Å². The zero-order chi connectivity index (χ0) is 9.07. The van der Waals surface area contributed by atoms with Crippen molar-refractivity contribution in [2.75, 3.05) is 7.05 Å². The molecule has 0 aliphatic rings. The molecule has 11 heavy (non-hydrogen) atoms. The molecule has 0 radical (unpaired) electrons. The van der Waals surface area contributed by atoms with Gasteiger partial charge in [-0.2, -0.15) is 0 Å². The highest BCUT2D eigenvalue weighted by atomic mass is 14.9. The smallest absolute Gasteiger partial charge is 0.0224 e. The second kappa shape index (κ2) is 3.56. The van der Waals surface area contributed by atoms with Gasteiger partial charge in [-0.15, -0.1) is 0 Å². The lowest BCUT2D eigenvalue weighted by Crippen LogP contribution is -2.22. The third-order valence-electron chi connectivity index (χ3n) is 1.61. The predicted molar refractivity (Wildman–Crippen MR) is 50.0 cm³/mol. The van der Waals surface area contributed by atoms with Gasteiger partial charge in [0.15, 0.2) is 0 Å². The summed E-state index contributed by atoms with van der Waals surface area (Å²) in [6.07, 6.45) is 1.39. The van der Waals surface area contributed by atoms with Crippen LogP contribution in [0.2, 0.25) is 0 Å². The molecule has 0 aromatic rings. The van der Waals surface area contributed by atoms with Gasteiger partial charge in [-0.1, -0.05) is 20.8 Å². The van der Waals surface area contributed by atoms with Crippen molar-refractivity contribution < 1.29 is 0 Å². The highest BCUT2D eigenvalue weighted by molar-refractivity contribution is 5.76. The number of hydrogen-bond acceptors (Lipinski definition) is 2. The minimum atomic E-state index is 0.108. The van der Waals surface area contributed by atoms with Crippen molar-refractivity contribution in [2.45, 2.75) is 27.7 Å². The number of hydrogen-bond donors (Lipinski definition) is 2. The third kappa shape index (κ3) is 2.74. The molecule has 0 fully saturated rings. The molecule has 0 bridgehead atoms. The zero-order valence-electron chi connectivity index (χ0n) is 8.08. The van der Waals surface area contributed by atoms with Gasteiger partial charge in [0.1, 0.15) is 0 Å². The molecule has 0 saturated heterocycles. The van der Waals surface area contributed by atoms with E-state index in [-0.39, 0.29) is 5.41 Å². The Kier molecular flexibility index (Phi) is 3.30. The summed E-state index contributed by atoms with van der Waals surface area (Å²) in [6, 6.07) is 0. The molecular weight excluding hydrogens is 136 g/mol. The van der Waals surface area contributed by atoms with Crippen LogP contribution in [0.3, 0.4) is 0 Å². The molecule has 0 aliphatic heterocycles. The molecule has 0 spiro atoms. The van der Waals surface area contributed by atoms with Crippen molar-refractivity contribution in [2.24, 2.45) is 5.41 Å². The SMILES string of the molecule is CN/C(=C(/C)C=N)C(C)(C)C. The average Bonchev–Trinajstić information content (AvgIpc) is 1.86. The fourth-order valence-electron chi connectivity index (χ4n) is 1.24. The first-order valence-corrected chi connectivity index (χ1v) is 3.83. The Morgan fingerprint density at radius 2 is 1.82 bits per heavy atom. The lowest BCUT2D eigenvalue weighted by molar-refractivity contribution is 0.470. The average molecular weight is 154 g/mol. The van der Waals surface area contributed by atoms with Crippen LogP contribution in [0.1, 0.15) is 27.7 Å². The van der Waals surface area contributed by atoms with Gasteiger partial charge in [0.05, 0.1) is 0 Å². The monoisotopic (exact) mass is 154 g/mol. The van der Waals surface area contributed by atoms with Crippen LogP contribution in [0.15, 0.2) is 11.3 Å². The maximum absolute atomic E-state index is 7.10. The van der Waals surface area contributed by atoms with Crippen LogP contribution in [0.25, 0.3) is 0 Å². The summed E-state index contributed by atoms with van der Waals surface area (Å²) in [5, 5.41) is 10.2. The van der Waals surface area contributed by atoms with E-state index in [1.54, 1.807) is 0 Å². The lowest BCUT2D eigenvalue weighted by Gasteiger charge is -2.24. The van der Waals surface area contributed by atoms with E-state index in [9.17, 15) is 0 Å². The van der Waals surface area contributed by atoms with E-state index in [4.69, 9.17) is 5.41 Å². The van der Waals surface area contributed by atoms with E-state index in [0.29, 0.717) is 0 Å². The van der Waals surface area contributed by atoms with Crippen molar-refractivity contribution in [3.8, 4) is 0 Å². The van der Waals surface area contributed by atoms with E-state index < -0.39 is 0 Å². The van der Waals surface area contributed by atoms with Gasteiger partial charge in [0, 0.05) is 24.4 Å². The zero-order valence-corrected chi connectivity index (χ0v) is 8.08. The quantitative estimate of drug-likeness (QED) is 0.587. The first-order valence-electron chi connectivity index (χ1n) is 3.83.